The minimum atomic E-state index is -3.00. The molecule has 10 heteroatoms. The molecule has 10 heavy (non-hydrogen) atoms. The minimum absolute atomic E-state index is 0. The van der Waals surface area contributed by atoms with Crippen LogP contribution in [0.2, 0.25) is 0 Å². The van der Waals surface area contributed by atoms with Gasteiger partial charge in [-0.25, -0.2) is 16.0 Å². The molecule has 0 N–H and O–H groups in total. The first-order valence-electron chi connectivity index (χ1n) is 7.64. The van der Waals surface area contributed by atoms with Crippen molar-refractivity contribution in [3.8, 4) is 0 Å². The Labute approximate surface area is 173 Å². The van der Waals surface area contributed by atoms with Crippen LogP contribution in [0.4, 0.5) is 0 Å². The van der Waals surface area contributed by atoms with Gasteiger partial charge in [-0.2, -0.15) is 0 Å². The predicted molar refractivity (Wildman–Crippen MR) is 57.0 cm³/mol. The molecule has 48 valence electrons. The predicted octanol–water partition coefficient (Wildman–Crippen LogP) is -9.45. The first-order chi connectivity index (χ1) is 7.73. The fraction of sp³-hybridized carbons (Fsp3) is 0. The maximum Gasteiger partial charge on any atom is 2.00 e. The van der Waals surface area contributed by atoms with Gasteiger partial charge < -0.3 is 15.1 Å². The Morgan fingerprint density at radius 3 is 0.900 bits per heavy atom. The Bertz CT molecular complexity index is 142. The Hall–Kier alpha value is 3.92. The van der Waals surface area contributed by atoms with Crippen LogP contribution in [0.15, 0.2) is 0 Å². The van der Waals surface area contributed by atoms with Crippen LogP contribution in [-0.4, -0.2) is 161 Å². The van der Waals surface area contributed by atoms with E-state index in [1.807, 2.05) is 0 Å². The van der Waals surface area contributed by atoms with Crippen LogP contribution in [0.25, 0.3) is 0 Å². The molecule has 0 aromatic rings. The van der Waals surface area contributed by atoms with E-state index in [4.69, 9.17) is 31.1 Å². The molecular weight excluding hydrogens is 211 g/mol. The van der Waals surface area contributed by atoms with Gasteiger partial charge in [0.2, 0.25) is 0 Å². The molecule has 0 saturated carbocycles. The van der Waals surface area contributed by atoms with Crippen LogP contribution in [0.3, 0.4) is 0 Å². The molecule has 0 aliphatic carbocycles. The molecule has 0 aromatic carbocycles. The van der Waals surface area contributed by atoms with Gasteiger partial charge in [-0.15, -0.1) is 0 Å². The Morgan fingerprint density at radius 1 is 0.900 bits per heavy atom. The average molecular weight is 236 g/mol. The second kappa shape index (κ2) is 38.3. The van der Waals surface area contributed by atoms with E-state index in [0.717, 1.165) is 0 Å². The van der Waals surface area contributed by atoms with Crippen LogP contribution in [0, 0.1) is 0 Å². The van der Waals surface area contributed by atoms with Gasteiger partial charge in [0.1, 0.15) is 0 Å². The normalized spacial score (nSPS) is 21.9. The fourth-order valence-electron chi connectivity index (χ4n) is 0. The van der Waals surface area contributed by atoms with Crippen molar-refractivity contribution in [2.45, 2.75) is 0 Å². The Kier molecular flexibility index (Phi) is 24.9. The zero-order chi connectivity index (χ0) is 17.1. The zero-order valence-electron chi connectivity index (χ0n) is 17.7. The van der Waals surface area contributed by atoms with Crippen molar-refractivity contribution in [3.63, 3.8) is 0 Å². The molecule has 0 unspecified atom stereocenters. The monoisotopic (exact) mass is 236 g/mol. The average Bonchev–Trinajstić information content (AvgIpc) is 1.66. The maximum absolute atomic E-state index is 8.42. The summed E-state index contributed by atoms with van der Waals surface area (Å²) < 4.78 is 72.0. The molecule has 0 rings (SSSR count). The molecule has 0 heterocycles. The smallest absolute Gasteiger partial charge is 0.907 e. The fourth-order valence-corrected chi connectivity index (χ4v) is 0. The molecule has 3 nitrogen and oxygen atoms in total. The van der Waals surface area contributed by atoms with Crippen LogP contribution in [-0.2, 0) is 0 Å². The van der Waals surface area contributed by atoms with Crippen LogP contribution < -0.4 is 15.1 Å². The van der Waals surface area contributed by atoms with Gasteiger partial charge in [0.15, 0.2) is 0 Å². The molecule has 0 amide bonds. The maximum atomic E-state index is 8.42. The molecule has 0 aliphatic rings. The zero-order valence-corrected chi connectivity index (χ0v) is 12.3. The first kappa shape index (κ1) is 6.49. The van der Waals surface area contributed by atoms with Crippen molar-refractivity contribution in [2.24, 2.45) is 0 Å². The van der Waals surface area contributed by atoms with E-state index < -0.39 is 32.1 Å². The van der Waals surface area contributed by atoms with E-state index in [-0.39, 0.29) is 113 Å². The number of hydrogen-bond acceptors (Lipinski definition) is 3. The van der Waals surface area contributed by atoms with E-state index >= 15 is 0 Å². The van der Waals surface area contributed by atoms with Gasteiger partial charge in [0, 0.05) is 0 Å². The summed E-state index contributed by atoms with van der Waals surface area (Å²) in [5.74, 6) is 0. The summed E-state index contributed by atoms with van der Waals surface area (Å²) in [5.41, 5.74) is 0. The van der Waals surface area contributed by atoms with Gasteiger partial charge in [0.25, 0.3) is 0 Å². The molecule has 0 radical (unpaired) electrons. The van der Waals surface area contributed by atoms with Crippen LogP contribution in [0.1, 0.15) is 0 Å². The van der Waals surface area contributed by atoms with E-state index in [1.165, 1.54) is 0 Å². The summed E-state index contributed by atoms with van der Waals surface area (Å²) in [6.07, 6.45) is 0. The number of rotatable bonds is 0. The summed E-state index contributed by atoms with van der Waals surface area (Å²) in [4.78, 5) is 0. The van der Waals surface area contributed by atoms with Crippen LogP contribution >= 0.6 is 0 Å². The SMILES string of the molecule is [2H][B-]([2H])([2H])[2H].[2H][B-]([2H])([2H])[2H].[2H][B-]([2H])([2H])[2H].[Ca+2].[Ca+2].[Ca+2].[O-]B([O-])[O-]. The summed E-state index contributed by atoms with van der Waals surface area (Å²) in [6, 6.07) is 0. The van der Waals surface area contributed by atoms with Crippen molar-refractivity contribution in [1.29, 1.82) is 16.0 Å². The topological polar surface area (TPSA) is 69.2 Å². The molecule has 0 spiro atoms. The molecule has 0 bridgehead atoms. The summed E-state index contributed by atoms with van der Waals surface area (Å²) in [7, 11) is -11.9. The molecular formula is H12B4Ca3O3. The third-order valence-electron chi connectivity index (χ3n) is 0. The minimum Gasteiger partial charge on any atom is -0.907 e. The third-order valence-corrected chi connectivity index (χ3v) is 0. The van der Waals surface area contributed by atoms with E-state index in [2.05, 4.69) is 0 Å². The molecule has 0 saturated heterocycles. The molecule has 0 fully saturated rings. The van der Waals surface area contributed by atoms with Crippen molar-refractivity contribution in [2.75, 3.05) is 0 Å². The van der Waals surface area contributed by atoms with E-state index in [1.54, 1.807) is 0 Å². The van der Waals surface area contributed by atoms with Crippen LogP contribution in [0.5, 0.6) is 0 Å². The summed E-state index contributed by atoms with van der Waals surface area (Å²) in [6.45, 7) is 0. The molecule has 0 atom stereocenters. The van der Waals surface area contributed by atoms with Gasteiger partial charge in [-0.1, -0.05) is 24.8 Å². The van der Waals surface area contributed by atoms with Gasteiger partial charge in [0.05, 0.1) is 0 Å². The standard InChI is InChI=1S/BO3.3BH4.3Ca/c2-1(3)4;;;;;;/h;3*1H4;;;/q-3;3*-1;3*+2/i;3*1D4;;;. The van der Waals surface area contributed by atoms with E-state index in [0.29, 0.717) is 0 Å². The first-order valence-corrected chi connectivity index (χ1v) is 0.707. The Balaban J connectivity index is -0.0000000262. The van der Waals surface area contributed by atoms with Gasteiger partial charge in [-0.3, -0.25) is 7.32 Å². The second-order valence-electron chi connectivity index (χ2n) is 0.289. The largest absolute Gasteiger partial charge is 2.00 e. The third kappa shape index (κ3) is 92.5. The van der Waals surface area contributed by atoms with Crippen molar-refractivity contribution in [3.05, 3.63) is 0 Å². The van der Waals surface area contributed by atoms with Crippen molar-refractivity contribution in [1.82, 2.24) is 0 Å². The van der Waals surface area contributed by atoms with E-state index in [9.17, 15) is 0 Å². The Morgan fingerprint density at radius 2 is 0.900 bits per heavy atom. The van der Waals surface area contributed by atoms with Crippen molar-refractivity contribution < 1.29 is 15.1 Å². The summed E-state index contributed by atoms with van der Waals surface area (Å²) in [5, 5.41) is 25.2. The van der Waals surface area contributed by atoms with Gasteiger partial charge in [-0.05, 0) is 0 Å². The van der Waals surface area contributed by atoms with Crippen molar-refractivity contribution >= 4 is 145 Å². The molecule has 0 aliphatic heterocycles. The summed E-state index contributed by atoms with van der Waals surface area (Å²) >= 11 is 0. The molecule has 0 aromatic heterocycles. The number of hydrogen-bond donors (Lipinski definition) is 0. The van der Waals surface area contributed by atoms with Gasteiger partial charge >= 0.3 is 113 Å². The second-order valence-corrected chi connectivity index (χ2v) is 0.289. The quantitative estimate of drug-likeness (QED) is 0.392.